The van der Waals surface area contributed by atoms with Crippen LogP contribution >= 0.6 is 15.9 Å². The van der Waals surface area contributed by atoms with Crippen LogP contribution in [0.1, 0.15) is 63.1 Å². The Morgan fingerprint density at radius 3 is 2.45 bits per heavy atom. The van der Waals surface area contributed by atoms with Crippen LogP contribution in [0.5, 0.6) is 5.75 Å². The van der Waals surface area contributed by atoms with Crippen molar-refractivity contribution in [3.8, 4) is 5.75 Å². The molecular weight excluding hydrogens is 452 g/mol. The van der Waals surface area contributed by atoms with Gasteiger partial charge in [0.2, 0.25) is 5.91 Å². The summed E-state index contributed by atoms with van der Waals surface area (Å²) in [7, 11) is 0. The van der Waals surface area contributed by atoms with Crippen LogP contribution < -0.4 is 10.1 Å². The lowest BCUT2D eigenvalue weighted by atomic mass is 9.83. The first kappa shape index (κ1) is 22.3. The number of carbonyl (C=O) groups is 1. The molecule has 2 aromatic rings. The van der Waals surface area contributed by atoms with E-state index in [0.29, 0.717) is 0 Å². The van der Waals surface area contributed by atoms with Crippen LogP contribution in [0.2, 0.25) is 0 Å². The Bertz CT molecular complexity index is 887. The second-order valence-electron chi connectivity index (χ2n) is 8.97. The molecule has 0 aliphatic carbocycles. The van der Waals surface area contributed by atoms with E-state index >= 15 is 0 Å². The second-order valence-corrected chi connectivity index (χ2v) is 9.89. The predicted molar refractivity (Wildman–Crippen MR) is 128 cm³/mol. The zero-order valence-corrected chi connectivity index (χ0v) is 20.2. The van der Waals surface area contributed by atoms with E-state index in [4.69, 9.17) is 4.74 Å². The van der Waals surface area contributed by atoms with Crippen molar-refractivity contribution in [1.82, 2.24) is 10.2 Å². The monoisotopic (exact) mass is 484 g/mol. The number of amides is 1. The number of rotatable bonds is 6. The van der Waals surface area contributed by atoms with Crippen molar-refractivity contribution in [3.05, 3.63) is 64.1 Å². The van der Waals surface area contributed by atoms with Gasteiger partial charge in [-0.3, -0.25) is 9.69 Å². The van der Waals surface area contributed by atoms with Crippen LogP contribution in [-0.4, -0.2) is 29.5 Å². The highest BCUT2D eigenvalue weighted by atomic mass is 79.9. The molecule has 31 heavy (non-hydrogen) atoms. The molecule has 1 saturated heterocycles. The van der Waals surface area contributed by atoms with Gasteiger partial charge in [0.05, 0.1) is 6.04 Å². The smallest absolute Gasteiger partial charge is 0.223 e. The van der Waals surface area contributed by atoms with Crippen molar-refractivity contribution >= 4 is 21.8 Å². The molecular formula is C26H33BrN2O2. The fourth-order valence-electron chi connectivity index (χ4n) is 4.92. The minimum atomic E-state index is -0.194. The first-order valence-electron chi connectivity index (χ1n) is 11.6. The molecule has 1 N–H and O–H groups in total. The number of carbonyl (C=O) groups excluding carboxylic acids is 1. The summed E-state index contributed by atoms with van der Waals surface area (Å²) in [6, 6.07) is 16.7. The fourth-order valence-corrected chi connectivity index (χ4v) is 5.19. The molecule has 2 heterocycles. The number of hydrogen-bond acceptors (Lipinski definition) is 3. The fraction of sp³-hybridized carbons (Fsp3) is 0.500. The Labute approximate surface area is 194 Å². The Morgan fingerprint density at radius 2 is 1.77 bits per heavy atom. The molecule has 4 rings (SSSR count). The number of fused-ring (bicyclic) bond motifs is 1. The number of benzene rings is 2. The zero-order chi connectivity index (χ0) is 21.8. The van der Waals surface area contributed by atoms with Crippen LogP contribution in [0.15, 0.2) is 53.0 Å². The first-order chi connectivity index (χ1) is 15.0. The predicted octanol–water partition coefficient (Wildman–Crippen LogP) is 5.86. The number of ether oxygens (including phenoxy) is 1. The molecule has 0 aromatic heterocycles. The van der Waals surface area contributed by atoms with E-state index in [1.54, 1.807) is 0 Å². The second kappa shape index (κ2) is 9.74. The Hall–Kier alpha value is -1.85. The maximum atomic E-state index is 13.2. The Balaban J connectivity index is 1.36. The summed E-state index contributed by atoms with van der Waals surface area (Å²) in [6.07, 6.45) is 4.56. The molecule has 0 radical (unpaired) electrons. The lowest BCUT2D eigenvalue weighted by Crippen LogP contribution is -2.47. The van der Waals surface area contributed by atoms with E-state index in [9.17, 15) is 4.79 Å². The molecule has 2 aliphatic heterocycles. The summed E-state index contributed by atoms with van der Waals surface area (Å²) < 4.78 is 7.50. The summed E-state index contributed by atoms with van der Waals surface area (Å²) >= 11 is 3.50. The maximum absolute atomic E-state index is 13.2. The molecule has 0 saturated carbocycles. The van der Waals surface area contributed by atoms with E-state index in [-0.39, 0.29) is 23.5 Å². The van der Waals surface area contributed by atoms with Gasteiger partial charge in [-0.25, -0.2) is 0 Å². The van der Waals surface area contributed by atoms with Gasteiger partial charge in [0.15, 0.2) is 0 Å². The summed E-state index contributed by atoms with van der Waals surface area (Å²) in [5.74, 6) is 1.21. The molecule has 1 atom stereocenters. The van der Waals surface area contributed by atoms with Crippen LogP contribution in [0.3, 0.4) is 0 Å². The van der Waals surface area contributed by atoms with E-state index in [1.807, 2.05) is 18.2 Å². The van der Waals surface area contributed by atoms with Gasteiger partial charge in [-0.2, -0.15) is 0 Å². The number of piperidine rings is 1. The molecule has 5 heteroatoms. The molecule has 1 amide bonds. The number of para-hydroxylation sites is 1. The lowest BCUT2D eigenvalue weighted by Gasteiger charge is -2.42. The van der Waals surface area contributed by atoms with Gasteiger partial charge < -0.3 is 10.1 Å². The van der Waals surface area contributed by atoms with Crippen molar-refractivity contribution in [2.45, 2.75) is 64.1 Å². The van der Waals surface area contributed by atoms with Gasteiger partial charge in [0.1, 0.15) is 11.4 Å². The summed E-state index contributed by atoms with van der Waals surface area (Å²) in [5.41, 5.74) is 2.24. The number of nitrogens with one attached hydrogen (secondary N) is 1. The van der Waals surface area contributed by atoms with Crippen molar-refractivity contribution in [3.63, 3.8) is 0 Å². The van der Waals surface area contributed by atoms with E-state index in [2.05, 4.69) is 70.3 Å². The minimum Gasteiger partial charge on any atom is -0.487 e. The van der Waals surface area contributed by atoms with Gasteiger partial charge in [-0.05, 0) is 62.5 Å². The number of halogens is 1. The van der Waals surface area contributed by atoms with Gasteiger partial charge >= 0.3 is 0 Å². The summed E-state index contributed by atoms with van der Waals surface area (Å²) in [5, 5.41) is 3.40. The third kappa shape index (κ3) is 5.15. The molecule has 2 aliphatic rings. The van der Waals surface area contributed by atoms with Gasteiger partial charge in [-0.15, -0.1) is 0 Å². The van der Waals surface area contributed by atoms with Gasteiger partial charge in [-0.1, -0.05) is 60.1 Å². The van der Waals surface area contributed by atoms with Crippen molar-refractivity contribution in [2.24, 2.45) is 5.92 Å². The van der Waals surface area contributed by atoms with Crippen LogP contribution in [0, 0.1) is 5.92 Å². The average Bonchev–Trinajstić information content (AvgIpc) is 2.81. The van der Waals surface area contributed by atoms with Crippen LogP contribution in [-0.2, 0) is 11.3 Å². The van der Waals surface area contributed by atoms with Crippen molar-refractivity contribution < 1.29 is 9.53 Å². The highest BCUT2D eigenvalue weighted by Crippen LogP contribution is 2.42. The van der Waals surface area contributed by atoms with E-state index in [1.165, 1.54) is 5.56 Å². The molecule has 1 fully saturated rings. The maximum Gasteiger partial charge on any atom is 0.223 e. The third-order valence-electron chi connectivity index (χ3n) is 7.08. The summed E-state index contributed by atoms with van der Waals surface area (Å²) in [4.78, 5) is 15.6. The Morgan fingerprint density at radius 1 is 1.10 bits per heavy atom. The van der Waals surface area contributed by atoms with Crippen LogP contribution in [0.25, 0.3) is 0 Å². The lowest BCUT2D eigenvalue weighted by molar-refractivity contribution is -0.128. The molecule has 0 spiro atoms. The van der Waals surface area contributed by atoms with E-state index < -0.39 is 0 Å². The SMILES string of the molecule is CCC1(CC)C[C@@H](NC(=O)C2CCN(Cc3ccc(Br)cc3)CC2)c2ccccc2O1. The normalized spacial score (nSPS) is 21.2. The highest BCUT2D eigenvalue weighted by Gasteiger charge is 2.39. The molecule has 0 bridgehead atoms. The van der Waals surface area contributed by atoms with Crippen LogP contribution in [0.4, 0.5) is 0 Å². The zero-order valence-electron chi connectivity index (χ0n) is 18.6. The third-order valence-corrected chi connectivity index (χ3v) is 7.61. The first-order valence-corrected chi connectivity index (χ1v) is 12.4. The Kier molecular flexibility index (Phi) is 7.02. The largest absolute Gasteiger partial charge is 0.487 e. The number of hydrogen-bond donors (Lipinski definition) is 1. The van der Waals surface area contributed by atoms with Crippen molar-refractivity contribution in [2.75, 3.05) is 13.1 Å². The molecule has 2 aromatic carbocycles. The summed E-state index contributed by atoms with van der Waals surface area (Å²) in [6.45, 7) is 7.23. The number of likely N-dealkylation sites (tertiary alicyclic amines) is 1. The van der Waals surface area contributed by atoms with Gasteiger partial charge in [0.25, 0.3) is 0 Å². The van der Waals surface area contributed by atoms with Gasteiger partial charge in [0, 0.05) is 28.9 Å². The average molecular weight is 485 g/mol. The quantitative estimate of drug-likeness (QED) is 0.557. The molecule has 4 nitrogen and oxygen atoms in total. The minimum absolute atomic E-state index is 0.0261. The standard InChI is InChI=1S/C26H33BrN2O2/c1-3-26(4-2)17-23(22-7-5-6-8-24(22)31-26)28-25(30)20-13-15-29(16-14-20)18-19-9-11-21(27)12-10-19/h5-12,20,23H,3-4,13-18H2,1-2H3,(H,28,30)/t23-/m1/s1. The topological polar surface area (TPSA) is 41.6 Å². The molecule has 166 valence electrons. The van der Waals surface area contributed by atoms with E-state index in [0.717, 1.165) is 67.5 Å². The molecule has 0 unspecified atom stereocenters. The highest BCUT2D eigenvalue weighted by molar-refractivity contribution is 9.10. The van der Waals surface area contributed by atoms with Crippen molar-refractivity contribution in [1.29, 1.82) is 0 Å². The number of nitrogens with zero attached hydrogens (tertiary/aromatic N) is 1.